The standard InChI is InChI=1S/C15H12Cl2N2O2S/c1-8-6-9(16)2-3-10(8)18-15(20)12-7-11(19-21-12)13-4-5-14(17)22-13/h2-6,12H,7H2,1H3,(H,18,20). The number of nitrogens with one attached hydrogen (secondary N) is 1. The van der Waals surface area contributed by atoms with Gasteiger partial charge in [0.2, 0.25) is 6.10 Å². The Morgan fingerprint density at radius 2 is 2.18 bits per heavy atom. The second kappa shape index (κ2) is 6.28. The van der Waals surface area contributed by atoms with Crippen LogP contribution in [0.4, 0.5) is 5.69 Å². The minimum absolute atomic E-state index is 0.230. The van der Waals surface area contributed by atoms with Crippen LogP contribution >= 0.6 is 34.5 Å². The number of thiophene rings is 1. The van der Waals surface area contributed by atoms with Gasteiger partial charge < -0.3 is 10.2 Å². The highest BCUT2D eigenvalue weighted by molar-refractivity contribution is 7.18. The van der Waals surface area contributed by atoms with Crippen molar-refractivity contribution in [2.45, 2.75) is 19.4 Å². The molecule has 1 aromatic carbocycles. The maximum atomic E-state index is 12.3. The fourth-order valence-corrected chi connectivity index (χ4v) is 3.37. The SMILES string of the molecule is Cc1cc(Cl)ccc1NC(=O)C1CC(c2ccc(Cl)s2)=NO1. The van der Waals surface area contributed by atoms with Crippen LogP contribution in [0.3, 0.4) is 0 Å². The number of aryl methyl sites for hydroxylation is 1. The molecule has 7 heteroatoms. The molecule has 1 amide bonds. The second-order valence-corrected chi connectivity index (χ2v) is 7.04. The number of oxime groups is 1. The van der Waals surface area contributed by atoms with Gasteiger partial charge in [0, 0.05) is 17.1 Å². The van der Waals surface area contributed by atoms with Gasteiger partial charge in [-0.25, -0.2) is 0 Å². The van der Waals surface area contributed by atoms with E-state index in [9.17, 15) is 4.79 Å². The van der Waals surface area contributed by atoms with Crippen molar-refractivity contribution in [2.24, 2.45) is 5.16 Å². The van der Waals surface area contributed by atoms with Crippen LogP contribution in [-0.4, -0.2) is 17.7 Å². The molecular weight excluding hydrogens is 343 g/mol. The van der Waals surface area contributed by atoms with Crippen molar-refractivity contribution >= 4 is 51.8 Å². The monoisotopic (exact) mass is 354 g/mol. The van der Waals surface area contributed by atoms with Crippen LogP contribution in [0, 0.1) is 6.92 Å². The van der Waals surface area contributed by atoms with Crippen LogP contribution in [-0.2, 0) is 9.63 Å². The summed E-state index contributed by atoms with van der Waals surface area (Å²) in [5, 5.41) is 7.46. The van der Waals surface area contributed by atoms with E-state index in [0.29, 0.717) is 21.5 Å². The zero-order valence-corrected chi connectivity index (χ0v) is 13.9. The zero-order chi connectivity index (χ0) is 15.7. The molecule has 0 saturated carbocycles. The minimum atomic E-state index is -0.633. The van der Waals surface area contributed by atoms with Gasteiger partial charge in [-0.15, -0.1) is 11.3 Å². The molecule has 2 heterocycles. The molecule has 0 fully saturated rings. The number of carbonyl (C=O) groups is 1. The van der Waals surface area contributed by atoms with Gasteiger partial charge >= 0.3 is 0 Å². The summed E-state index contributed by atoms with van der Waals surface area (Å²) in [6.07, 6.45) is -0.207. The lowest BCUT2D eigenvalue weighted by atomic mass is 10.1. The normalized spacial score (nSPS) is 17.0. The van der Waals surface area contributed by atoms with E-state index < -0.39 is 6.10 Å². The fourth-order valence-electron chi connectivity index (χ4n) is 2.11. The van der Waals surface area contributed by atoms with Crippen LogP contribution in [0.5, 0.6) is 0 Å². The Balaban J connectivity index is 1.65. The molecular formula is C15H12Cl2N2O2S. The van der Waals surface area contributed by atoms with Crippen molar-refractivity contribution in [1.82, 2.24) is 0 Å². The van der Waals surface area contributed by atoms with Gasteiger partial charge in [0.25, 0.3) is 5.91 Å². The fraction of sp³-hybridized carbons (Fsp3) is 0.200. The Bertz CT molecular complexity index is 758. The first kappa shape index (κ1) is 15.3. The molecule has 0 bridgehead atoms. The second-order valence-electron chi connectivity index (χ2n) is 4.89. The maximum absolute atomic E-state index is 12.3. The van der Waals surface area contributed by atoms with Crippen molar-refractivity contribution in [1.29, 1.82) is 0 Å². The van der Waals surface area contributed by atoms with Crippen molar-refractivity contribution in [3.05, 3.63) is 50.1 Å². The van der Waals surface area contributed by atoms with Gasteiger partial charge in [0.15, 0.2) is 0 Å². The Hall–Kier alpha value is -1.56. The highest BCUT2D eigenvalue weighted by atomic mass is 35.5. The quantitative estimate of drug-likeness (QED) is 0.882. The number of rotatable bonds is 3. The number of anilines is 1. The molecule has 0 aliphatic carbocycles. The predicted octanol–water partition coefficient (Wildman–Crippen LogP) is 4.50. The number of hydrogen-bond donors (Lipinski definition) is 1. The molecule has 0 spiro atoms. The molecule has 0 radical (unpaired) electrons. The van der Waals surface area contributed by atoms with Crippen molar-refractivity contribution in [3.8, 4) is 0 Å². The number of halogens is 2. The lowest BCUT2D eigenvalue weighted by Crippen LogP contribution is -2.28. The highest BCUT2D eigenvalue weighted by Gasteiger charge is 2.29. The van der Waals surface area contributed by atoms with Gasteiger partial charge in [-0.3, -0.25) is 4.79 Å². The highest BCUT2D eigenvalue weighted by Crippen LogP contribution is 2.27. The van der Waals surface area contributed by atoms with E-state index >= 15 is 0 Å². The molecule has 1 aromatic heterocycles. The average Bonchev–Trinajstić information content (AvgIpc) is 3.10. The molecule has 4 nitrogen and oxygen atoms in total. The van der Waals surface area contributed by atoms with Gasteiger partial charge in [0.05, 0.1) is 9.21 Å². The van der Waals surface area contributed by atoms with E-state index in [-0.39, 0.29) is 5.91 Å². The molecule has 22 heavy (non-hydrogen) atoms. The molecule has 1 aliphatic heterocycles. The number of benzene rings is 1. The molecule has 114 valence electrons. The first-order valence-corrected chi connectivity index (χ1v) is 8.15. The van der Waals surface area contributed by atoms with E-state index in [2.05, 4.69) is 10.5 Å². The first-order chi connectivity index (χ1) is 10.5. The van der Waals surface area contributed by atoms with Crippen LogP contribution in [0.1, 0.15) is 16.9 Å². The summed E-state index contributed by atoms with van der Waals surface area (Å²) in [5.74, 6) is -0.230. The van der Waals surface area contributed by atoms with Crippen LogP contribution in [0.15, 0.2) is 35.5 Å². The van der Waals surface area contributed by atoms with Crippen LogP contribution in [0.2, 0.25) is 9.36 Å². The van der Waals surface area contributed by atoms with Crippen LogP contribution < -0.4 is 5.32 Å². The number of hydrogen-bond acceptors (Lipinski definition) is 4. The Kier molecular flexibility index (Phi) is 4.38. The van der Waals surface area contributed by atoms with E-state index in [0.717, 1.165) is 16.2 Å². The Labute approximate surface area is 141 Å². The van der Waals surface area contributed by atoms with E-state index in [1.165, 1.54) is 11.3 Å². The molecule has 2 aromatic rings. The third-order valence-corrected chi connectivity index (χ3v) is 4.78. The van der Waals surface area contributed by atoms with Gasteiger partial charge in [-0.05, 0) is 42.8 Å². The molecule has 1 N–H and O–H groups in total. The third kappa shape index (κ3) is 3.27. The van der Waals surface area contributed by atoms with Gasteiger partial charge in [-0.2, -0.15) is 0 Å². The van der Waals surface area contributed by atoms with Crippen molar-refractivity contribution < 1.29 is 9.63 Å². The summed E-state index contributed by atoms with van der Waals surface area (Å²) >= 11 is 13.2. The third-order valence-electron chi connectivity index (χ3n) is 3.27. The Morgan fingerprint density at radius 3 is 2.86 bits per heavy atom. The largest absolute Gasteiger partial charge is 0.382 e. The molecule has 1 aliphatic rings. The zero-order valence-electron chi connectivity index (χ0n) is 11.6. The number of nitrogens with zero attached hydrogens (tertiary/aromatic N) is 1. The molecule has 0 saturated heterocycles. The number of amides is 1. The lowest BCUT2D eigenvalue weighted by molar-refractivity contribution is -0.125. The summed E-state index contributed by atoms with van der Waals surface area (Å²) in [7, 11) is 0. The minimum Gasteiger partial charge on any atom is -0.382 e. The average molecular weight is 355 g/mol. The number of carbonyl (C=O) groups excluding carboxylic acids is 1. The maximum Gasteiger partial charge on any atom is 0.268 e. The molecule has 1 unspecified atom stereocenters. The van der Waals surface area contributed by atoms with Crippen LogP contribution in [0.25, 0.3) is 0 Å². The summed E-state index contributed by atoms with van der Waals surface area (Å²) in [5.41, 5.74) is 2.35. The molecule has 1 atom stereocenters. The predicted molar refractivity (Wildman–Crippen MR) is 90.2 cm³/mol. The van der Waals surface area contributed by atoms with Crippen molar-refractivity contribution in [3.63, 3.8) is 0 Å². The summed E-state index contributed by atoms with van der Waals surface area (Å²) < 4.78 is 0.683. The van der Waals surface area contributed by atoms with E-state index in [4.69, 9.17) is 28.0 Å². The van der Waals surface area contributed by atoms with Gasteiger partial charge in [-0.1, -0.05) is 28.4 Å². The Morgan fingerprint density at radius 1 is 1.36 bits per heavy atom. The van der Waals surface area contributed by atoms with Gasteiger partial charge in [0.1, 0.15) is 5.71 Å². The lowest BCUT2D eigenvalue weighted by Gasteiger charge is -2.11. The topological polar surface area (TPSA) is 50.7 Å². The summed E-state index contributed by atoms with van der Waals surface area (Å²) in [4.78, 5) is 18.4. The summed E-state index contributed by atoms with van der Waals surface area (Å²) in [6, 6.07) is 8.97. The van der Waals surface area contributed by atoms with Crippen molar-refractivity contribution in [2.75, 3.05) is 5.32 Å². The smallest absolute Gasteiger partial charge is 0.268 e. The van der Waals surface area contributed by atoms with E-state index in [1.807, 2.05) is 13.0 Å². The first-order valence-electron chi connectivity index (χ1n) is 6.58. The van der Waals surface area contributed by atoms with E-state index in [1.54, 1.807) is 24.3 Å². The summed E-state index contributed by atoms with van der Waals surface area (Å²) in [6.45, 7) is 1.88. The molecule has 3 rings (SSSR count).